The fraction of sp³-hybridized carbons (Fsp3) is 0.261. The first-order chi connectivity index (χ1) is 14.5. The topological polar surface area (TPSA) is 59.5 Å². The van der Waals surface area contributed by atoms with Crippen LogP contribution in [0.2, 0.25) is 0 Å². The molecule has 156 valence electrons. The highest BCUT2D eigenvalue weighted by molar-refractivity contribution is 7.98. The van der Waals surface area contributed by atoms with Gasteiger partial charge in [0.25, 0.3) is 5.91 Å². The highest BCUT2D eigenvalue weighted by Crippen LogP contribution is 2.27. The molecule has 0 N–H and O–H groups in total. The summed E-state index contributed by atoms with van der Waals surface area (Å²) in [4.78, 5) is 32.4. The Hall–Kier alpha value is -2.64. The van der Waals surface area contributed by atoms with Crippen molar-refractivity contribution in [1.29, 1.82) is 0 Å². The Morgan fingerprint density at radius 2 is 1.80 bits per heavy atom. The van der Waals surface area contributed by atoms with Crippen molar-refractivity contribution in [2.45, 2.75) is 37.5 Å². The molecule has 0 spiro atoms. The monoisotopic (exact) mass is 440 g/mol. The molecule has 0 aliphatic rings. The molecule has 0 saturated carbocycles. The van der Waals surface area contributed by atoms with Crippen molar-refractivity contribution in [1.82, 2.24) is 4.98 Å². The highest BCUT2D eigenvalue weighted by atomic mass is 32.2. The van der Waals surface area contributed by atoms with Gasteiger partial charge in [-0.05, 0) is 45.0 Å². The molecule has 30 heavy (non-hydrogen) atoms. The molecule has 3 rings (SSSR count). The van der Waals surface area contributed by atoms with E-state index in [0.717, 1.165) is 21.3 Å². The minimum Gasteiger partial charge on any atom is -0.452 e. The van der Waals surface area contributed by atoms with Crippen LogP contribution in [-0.2, 0) is 15.3 Å². The van der Waals surface area contributed by atoms with Crippen molar-refractivity contribution in [3.63, 3.8) is 0 Å². The Labute approximate surface area is 185 Å². The first kappa shape index (κ1) is 22.1. The third-order valence-electron chi connectivity index (χ3n) is 4.30. The summed E-state index contributed by atoms with van der Waals surface area (Å²) in [6.07, 6.45) is 0. The molecule has 2 aromatic carbocycles. The molecular formula is C23H24N2O3S2. The second-order valence-electron chi connectivity index (χ2n) is 6.91. The lowest BCUT2D eigenvalue weighted by Gasteiger charge is -2.26. The number of hydrogen-bond donors (Lipinski definition) is 0. The predicted octanol–water partition coefficient (Wildman–Crippen LogP) is 5.34. The zero-order valence-corrected chi connectivity index (χ0v) is 18.8. The predicted molar refractivity (Wildman–Crippen MR) is 122 cm³/mol. The van der Waals surface area contributed by atoms with Crippen LogP contribution in [0.15, 0.2) is 64.9 Å². The summed E-state index contributed by atoms with van der Waals surface area (Å²) in [6.45, 7) is 5.52. The van der Waals surface area contributed by atoms with Crippen molar-refractivity contribution in [3.05, 3.63) is 76.2 Å². The fourth-order valence-corrected chi connectivity index (χ4v) is 4.63. The minimum atomic E-state index is -0.502. The summed E-state index contributed by atoms with van der Waals surface area (Å²) in [5.41, 5.74) is 2.22. The van der Waals surface area contributed by atoms with Crippen LogP contribution in [0.4, 0.5) is 5.69 Å². The van der Waals surface area contributed by atoms with Crippen LogP contribution < -0.4 is 4.90 Å². The van der Waals surface area contributed by atoms with Gasteiger partial charge in [-0.1, -0.05) is 30.3 Å². The number of thioether (sulfide) groups is 1. The molecule has 0 unspecified atom stereocenters. The van der Waals surface area contributed by atoms with Gasteiger partial charge in [-0.25, -0.2) is 9.78 Å². The summed E-state index contributed by atoms with van der Waals surface area (Å²) in [5, 5.41) is 3.04. The third-order valence-corrected chi connectivity index (χ3v) is 6.22. The van der Waals surface area contributed by atoms with Gasteiger partial charge in [0.15, 0.2) is 6.61 Å². The number of aromatic nitrogens is 1. The number of rotatable bonds is 8. The summed E-state index contributed by atoms with van der Waals surface area (Å²) in [7, 11) is 0. The zero-order chi connectivity index (χ0) is 21.5. The second-order valence-corrected chi connectivity index (χ2v) is 8.99. The smallest absolute Gasteiger partial charge is 0.339 e. The SMILES string of the molecule is Cc1nc(CSc2ccccc2C(=O)OCC(=O)N(c2ccccc2)C(C)C)cs1. The van der Waals surface area contributed by atoms with Crippen LogP contribution in [0, 0.1) is 6.92 Å². The molecule has 0 aliphatic heterocycles. The number of anilines is 1. The molecule has 1 amide bonds. The average Bonchev–Trinajstić information content (AvgIpc) is 3.16. The molecule has 0 radical (unpaired) electrons. The highest BCUT2D eigenvalue weighted by Gasteiger charge is 2.21. The molecule has 0 fully saturated rings. The Morgan fingerprint density at radius 1 is 1.10 bits per heavy atom. The van der Waals surface area contributed by atoms with E-state index in [9.17, 15) is 9.59 Å². The maximum Gasteiger partial charge on any atom is 0.339 e. The molecule has 3 aromatic rings. The number of esters is 1. The van der Waals surface area contributed by atoms with E-state index < -0.39 is 5.97 Å². The number of para-hydroxylation sites is 1. The van der Waals surface area contributed by atoms with Crippen LogP contribution >= 0.6 is 23.1 Å². The Bertz CT molecular complexity index is 1000. The number of hydrogen-bond acceptors (Lipinski definition) is 6. The van der Waals surface area contributed by atoms with E-state index in [4.69, 9.17) is 4.74 Å². The van der Waals surface area contributed by atoms with Crippen LogP contribution in [0.5, 0.6) is 0 Å². The number of amides is 1. The molecule has 0 saturated heterocycles. The minimum absolute atomic E-state index is 0.0528. The quantitative estimate of drug-likeness (QED) is 0.349. The molecule has 1 heterocycles. The van der Waals surface area contributed by atoms with E-state index in [2.05, 4.69) is 4.98 Å². The first-order valence-electron chi connectivity index (χ1n) is 9.62. The molecule has 0 bridgehead atoms. The number of thiazole rings is 1. The largest absolute Gasteiger partial charge is 0.452 e. The summed E-state index contributed by atoms with van der Waals surface area (Å²) in [5.74, 6) is -0.0896. The van der Waals surface area contributed by atoms with Crippen molar-refractivity contribution in [2.24, 2.45) is 0 Å². The standard InChI is InChI=1S/C23H24N2O3S2/c1-16(2)25(19-9-5-4-6-10-19)22(26)13-28-23(27)20-11-7-8-12-21(20)30-15-18-14-29-17(3)24-18/h4-12,14,16H,13,15H2,1-3H3. The fourth-order valence-electron chi connectivity index (χ4n) is 2.98. The van der Waals surface area contributed by atoms with Crippen LogP contribution in [-0.4, -0.2) is 29.5 Å². The zero-order valence-electron chi connectivity index (χ0n) is 17.2. The number of benzene rings is 2. The van der Waals surface area contributed by atoms with Gasteiger partial charge in [0.2, 0.25) is 0 Å². The Kier molecular flexibility index (Phi) is 7.65. The van der Waals surface area contributed by atoms with E-state index in [0.29, 0.717) is 11.3 Å². The van der Waals surface area contributed by atoms with E-state index in [1.165, 1.54) is 11.8 Å². The van der Waals surface area contributed by atoms with E-state index in [1.807, 2.05) is 68.6 Å². The number of carbonyl (C=O) groups is 2. The van der Waals surface area contributed by atoms with Gasteiger partial charge in [0.1, 0.15) is 0 Å². The van der Waals surface area contributed by atoms with Crippen LogP contribution in [0.1, 0.15) is 34.9 Å². The summed E-state index contributed by atoms with van der Waals surface area (Å²) in [6, 6.07) is 16.6. The van der Waals surface area contributed by atoms with Crippen molar-refractivity contribution in [2.75, 3.05) is 11.5 Å². The van der Waals surface area contributed by atoms with Gasteiger partial charge in [-0.15, -0.1) is 23.1 Å². The van der Waals surface area contributed by atoms with Gasteiger partial charge < -0.3 is 9.64 Å². The molecule has 0 atom stereocenters. The van der Waals surface area contributed by atoms with Crippen molar-refractivity contribution in [3.8, 4) is 0 Å². The third kappa shape index (κ3) is 5.70. The maximum absolute atomic E-state index is 12.8. The summed E-state index contributed by atoms with van der Waals surface area (Å²) < 4.78 is 5.38. The summed E-state index contributed by atoms with van der Waals surface area (Å²) >= 11 is 3.14. The normalized spacial score (nSPS) is 10.8. The lowest BCUT2D eigenvalue weighted by atomic mass is 10.2. The lowest BCUT2D eigenvalue weighted by molar-refractivity contribution is -0.122. The van der Waals surface area contributed by atoms with E-state index in [1.54, 1.807) is 28.4 Å². The Morgan fingerprint density at radius 3 is 2.47 bits per heavy atom. The molecule has 7 heteroatoms. The van der Waals surface area contributed by atoms with Gasteiger partial charge in [-0.2, -0.15) is 0 Å². The molecule has 0 aliphatic carbocycles. The molecule has 5 nitrogen and oxygen atoms in total. The number of aryl methyl sites for hydroxylation is 1. The van der Waals surface area contributed by atoms with Gasteiger partial charge >= 0.3 is 5.97 Å². The van der Waals surface area contributed by atoms with E-state index >= 15 is 0 Å². The second kappa shape index (κ2) is 10.4. The maximum atomic E-state index is 12.8. The number of carbonyl (C=O) groups excluding carboxylic acids is 2. The molecular weight excluding hydrogens is 416 g/mol. The lowest BCUT2D eigenvalue weighted by Crippen LogP contribution is -2.39. The number of ether oxygens (including phenoxy) is 1. The van der Waals surface area contributed by atoms with Crippen molar-refractivity contribution >= 4 is 40.7 Å². The van der Waals surface area contributed by atoms with Crippen LogP contribution in [0.25, 0.3) is 0 Å². The van der Waals surface area contributed by atoms with Gasteiger partial charge in [-0.3, -0.25) is 4.79 Å². The van der Waals surface area contributed by atoms with Crippen molar-refractivity contribution < 1.29 is 14.3 Å². The first-order valence-corrected chi connectivity index (χ1v) is 11.5. The van der Waals surface area contributed by atoms with E-state index in [-0.39, 0.29) is 18.6 Å². The molecule has 1 aromatic heterocycles. The average molecular weight is 441 g/mol. The van der Waals surface area contributed by atoms with Gasteiger partial charge in [0, 0.05) is 27.8 Å². The van der Waals surface area contributed by atoms with Gasteiger partial charge in [0.05, 0.1) is 16.3 Å². The van der Waals surface area contributed by atoms with Crippen LogP contribution in [0.3, 0.4) is 0 Å². The Balaban J connectivity index is 1.65. The number of nitrogens with zero attached hydrogens (tertiary/aromatic N) is 2.